The van der Waals surface area contributed by atoms with Crippen LogP contribution in [0.15, 0.2) is 51.2 Å². The Hall–Kier alpha value is -2.05. The van der Waals surface area contributed by atoms with E-state index in [1.807, 2.05) is 23.9 Å². The molecule has 0 atom stereocenters. The van der Waals surface area contributed by atoms with Crippen LogP contribution in [0.4, 0.5) is 10.1 Å². The SMILES string of the molecule is Cc1ccsc1C=Nn1c(C)csc1=Nc1ccc(F)cc1. The van der Waals surface area contributed by atoms with Gasteiger partial charge in [0.15, 0.2) is 0 Å². The largest absolute Gasteiger partial charge is 0.220 e. The van der Waals surface area contributed by atoms with Crippen LogP contribution in [0.1, 0.15) is 16.1 Å². The summed E-state index contributed by atoms with van der Waals surface area (Å²) in [6.07, 6.45) is 1.85. The fraction of sp³-hybridized carbons (Fsp3) is 0.125. The molecule has 3 nitrogen and oxygen atoms in total. The fourth-order valence-corrected chi connectivity index (χ4v) is 3.46. The van der Waals surface area contributed by atoms with Crippen LogP contribution >= 0.6 is 22.7 Å². The second kappa shape index (κ2) is 6.37. The summed E-state index contributed by atoms with van der Waals surface area (Å²) in [7, 11) is 0. The van der Waals surface area contributed by atoms with Gasteiger partial charge in [0.05, 0.1) is 22.5 Å². The van der Waals surface area contributed by atoms with Gasteiger partial charge < -0.3 is 0 Å². The fourth-order valence-electron chi connectivity index (χ4n) is 1.86. The lowest BCUT2D eigenvalue weighted by atomic mass is 10.3. The second-order valence-corrected chi connectivity index (χ2v) is 6.56. The van der Waals surface area contributed by atoms with Crippen LogP contribution in [-0.4, -0.2) is 10.9 Å². The Morgan fingerprint density at radius 2 is 1.86 bits per heavy atom. The summed E-state index contributed by atoms with van der Waals surface area (Å²) in [5.74, 6) is -0.264. The maximum absolute atomic E-state index is 13.0. The Morgan fingerprint density at radius 1 is 1.09 bits per heavy atom. The Morgan fingerprint density at radius 3 is 2.55 bits per heavy atom. The van der Waals surface area contributed by atoms with Crippen LogP contribution in [-0.2, 0) is 0 Å². The van der Waals surface area contributed by atoms with Gasteiger partial charge in [0.25, 0.3) is 0 Å². The van der Waals surface area contributed by atoms with Crippen molar-refractivity contribution in [1.29, 1.82) is 0 Å². The highest BCUT2D eigenvalue weighted by atomic mass is 32.1. The lowest BCUT2D eigenvalue weighted by Gasteiger charge is -1.98. The number of hydrogen-bond acceptors (Lipinski definition) is 4. The minimum atomic E-state index is -0.264. The van der Waals surface area contributed by atoms with Crippen LogP contribution in [0.2, 0.25) is 0 Å². The average molecular weight is 331 g/mol. The van der Waals surface area contributed by atoms with Gasteiger partial charge in [0.2, 0.25) is 4.80 Å². The van der Waals surface area contributed by atoms with E-state index in [0.29, 0.717) is 5.69 Å². The van der Waals surface area contributed by atoms with Crippen molar-refractivity contribution in [2.24, 2.45) is 10.1 Å². The molecule has 0 aliphatic heterocycles. The summed E-state index contributed by atoms with van der Waals surface area (Å²) >= 11 is 3.17. The van der Waals surface area contributed by atoms with Gasteiger partial charge in [0.1, 0.15) is 5.82 Å². The number of halogens is 1. The van der Waals surface area contributed by atoms with Gasteiger partial charge in [-0.1, -0.05) is 0 Å². The van der Waals surface area contributed by atoms with Gasteiger partial charge in [0, 0.05) is 5.38 Å². The lowest BCUT2D eigenvalue weighted by molar-refractivity contribution is 0.628. The molecule has 0 saturated heterocycles. The summed E-state index contributed by atoms with van der Waals surface area (Å²) in [4.78, 5) is 6.42. The maximum Gasteiger partial charge on any atom is 0.211 e. The lowest BCUT2D eigenvalue weighted by Crippen LogP contribution is -2.11. The number of aromatic nitrogens is 1. The molecule has 0 bridgehead atoms. The standard InChI is InChI=1S/C16H14FN3S2/c1-11-7-8-21-15(11)9-18-20-12(2)10-22-16(20)19-14-5-3-13(17)4-6-14/h3-10H,1-2H3. The van der Waals surface area contributed by atoms with Crippen molar-refractivity contribution in [3.8, 4) is 0 Å². The summed E-state index contributed by atoms with van der Waals surface area (Å²) in [5.41, 5.74) is 2.93. The molecule has 0 N–H and O–H groups in total. The number of thiazole rings is 1. The van der Waals surface area contributed by atoms with Gasteiger partial charge in [-0.2, -0.15) is 5.10 Å². The predicted octanol–water partition coefficient (Wildman–Crippen LogP) is 4.48. The van der Waals surface area contributed by atoms with Crippen LogP contribution in [0.3, 0.4) is 0 Å². The number of benzene rings is 1. The highest BCUT2D eigenvalue weighted by Crippen LogP contribution is 2.14. The molecule has 0 aliphatic carbocycles. The molecular weight excluding hydrogens is 317 g/mol. The molecular formula is C16H14FN3S2. The highest BCUT2D eigenvalue weighted by Gasteiger charge is 2.01. The van der Waals surface area contributed by atoms with Crippen molar-refractivity contribution >= 4 is 34.6 Å². The van der Waals surface area contributed by atoms with Crippen LogP contribution in [0.25, 0.3) is 0 Å². The van der Waals surface area contributed by atoms with E-state index in [4.69, 9.17) is 0 Å². The Bertz CT molecular complexity index is 869. The summed E-state index contributed by atoms with van der Waals surface area (Å²) < 4.78 is 14.8. The molecule has 0 fully saturated rings. The van der Waals surface area contributed by atoms with Crippen molar-refractivity contribution in [1.82, 2.24) is 4.68 Å². The zero-order chi connectivity index (χ0) is 15.5. The topological polar surface area (TPSA) is 29.6 Å². The molecule has 0 saturated carbocycles. The quantitative estimate of drug-likeness (QED) is 0.633. The molecule has 3 aromatic rings. The maximum atomic E-state index is 13.0. The van der Waals surface area contributed by atoms with Gasteiger partial charge >= 0.3 is 0 Å². The Labute approximate surface area is 135 Å². The van der Waals surface area contributed by atoms with Crippen molar-refractivity contribution in [3.63, 3.8) is 0 Å². The molecule has 0 amide bonds. The van der Waals surface area contributed by atoms with Crippen molar-refractivity contribution < 1.29 is 4.39 Å². The third-order valence-electron chi connectivity index (χ3n) is 3.09. The molecule has 0 radical (unpaired) electrons. The smallest absolute Gasteiger partial charge is 0.211 e. The summed E-state index contributed by atoms with van der Waals surface area (Å²) in [6, 6.07) is 8.19. The number of aryl methyl sites for hydroxylation is 2. The van der Waals surface area contributed by atoms with E-state index >= 15 is 0 Å². The van der Waals surface area contributed by atoms with E-state index in [1.165, 1.54) is 29.0 Å². The molecule has 22 heavy (non-hydrogen) atoms. The molecule has 0 spiro atoms. The van der Waals surface area contributed by atoms with E-state index in [9.17, 15) is 4.39 Å². The third-order valence-corrected chi connectivity index (χ3v) is 4.98. The minimum Gasteiger partial charge on any atom is -0.220 e. The van der Waals surface area contributed by atoms with E-state index in [-0.39, 0.29) is 5.82 Å². The molecule has 0 unspecified atom stereocenters. The first-order valence-electron chi connectivity index (χ1n) is 6.69. The number of rotatable bonds is 3. The Balaban J connectivity index is 1.99. The van der Waals surface area contributed by atoms with Gasteiger partial charge in [-0.15, -0.1) is 22.7 Å². The molecule has 0 aliphatic rings. The first kappa shape index (κ1) is 14.9. The predicted molar refractivity (Wildman–Crippen MR) is 90.7 cm³/mol. The second-order valence-electron chi connectivity index (χ2n) is 4.77. The van der Waals surface area contributed by atoms with Gasteiger partial charge in [-0.05, 0) is 55.1 Å². The van der Waals surface area contributed by atoms with Crippen molar-refractivity contribution in [2.45, 2.75) is 13.8 Å². The number of hydrogen-bond donors (Lipinski definition) is 0. The zero-order valence-electron chi connectivity index (χ0n) is 12.2. The van der Waals surface area contributed by atoms with E-state index in [0.717, 1.165) is 15.4 Å². The monoisotopic (exact) mass is 331 g/mol. The molecule has 1 aromatic carbocycles. The zero-order valence-corrected chi connectivity index (χ0v) is 13.8. The van der Waals surface area contributed by atoms with Gasteiger partial charge in [-0.25, -0.2) is 14.1 Å². The normalized spacial score (nSPS) is 12.4. The third kappa shape index (κ3) is 3.23. The number of thiophene rings is 1. The van der Waals surface area contributed by atoms with Crippen LogP contribution in [0, 0.1) is 19.7 Å². The van der Waals surface area contributed by atoms with Crippen LogP contribution in [0.5, 0.6) is 0 Å². The summed E-state index contributed by atoms with van der Waals surface area (Å²) in [6.45, 7) is 4.05. The first-order chi connectivity index (χ1) is 10.6. The van der Waals surface area contributed by atoms with Crippen molar-refractivity contribution in [2.75, 3.05) is 0 Å². The van der Waals surface area contributed by atoms with E-state index in [1.54, 1.807) is 28.1 Å². The highest BCUT2D eigenvalue weighted by molar-refractivity contribution is 7.11. The van der Waals surface area contributed by atoms with Crippen molar-refractivity contribution in [3.05, 3.63) is 67.8 Å². The Kier molecular flexibility index (Phi) is 4.31. The van der Waals surface area contributed by atoms with E-state index in [2.05, 4.69) is 23.1 Å². The van der Waals surface area contributed by atoms with Crippen LogP contribution < -0.4 is 4.80 Å². The molecule has 3 rings (SSSR count). The minimum absolute atomic E-state index is 0.264. The van der Waals surface area contributed by atoms with E-state index < -0.39 is 0 Å². The average Bonchev–Trinajstić information content (AvgIpc) is 3.06. The number of nitrogens with zero attached hydrogens (tertiary/aromatic N) is 3. The summed E-state index contributed by atoms with van der Waals surface area (Å²) in [5, 5.41) is 8.58. The molecule has 2 aromatic heterocycles. The van der Waals surface area contributed by atoms with Gasteiger partial charge in [-0.3, -0.25) is 0 Å². The first-order valence-corrected chi connectivity index (χ1v) is 8.45. The molecule has 2 heterocycles. The molecule has 6 heteroatoms. The molecule has 112 valence electrons.